The highest BCUT2D eigenvalue weighted by Crippen LogP contribution is 2.22. The molecule has 0 aromatic heterocycles. The zero-order valence-electron chi connectivity index (χ0n) is 20.0. The number of carbonyl (C=O) groups excluding carboxylic acids is 2. The lowest BCUT2D eigenvalue weighted by Crippen LogP contribution is -2.39. The maximum atomic E-state index is 12.3. The first kappa shape index (κ1) is 27.5. The smallest absolute Gasteiger partial charge is 0.262 e. The first-order chi connectivity index (χ1) is 17.7. The summed E-state index contributed by atoms with van der Waals surface area (Å²) in [6.07, 6.45) is 2.40. The van der Waals surface area contributed by atoms with Crippen LogP contribution in [0.2, 0.25) is 5.02 Å². The molecule has 2 N–H and O–H groups in total. The van der Waals surface area contributed by atoms with E-state index in [0.29, 0.717) is 33.5 Å². The van der Waals surface area contributed by atoms with Crippen LogP contribution in [0.1, 0.15) is 5.56 Å². The first-order valence-corrected chi connectivity index (χ1v) is 13.1. The summed E-state index contributed by atoms with van der Waals surface area (Å²) in [5.41, 5.74) is 3.77. The van der Waals surface area contributed by atoms with Crippen molar-refractivity contribution in [1.29, 1.82) is 0 Å². The van der Waals surface area contributed by atoms with E-state index in [-0.39, 0.29) is 12.5 Å². The highest BCUT2D eigenvalue weighted by Gasteiger charge is 2.20. The van der Waals surface area contributed by atoms with Crippen molar-refractivity contribution >= 4 is 51.0 Å². The van der Waals surface area contributed by atoms with Gasteiger partial charge in [-0.1, -0.05) is 23.7 Å². The molecule has 3 aromatic rings. The second-order valence-corrected chi connectivity index (χ2v) is 9.96. The van der Waals surface area contributed by atoms with Gasteiger partial charge >= 0.3 is 0 Å². The number of nitrogens with one attached hydrogen (secondary N) is 2. The average molecular weight is 545 g/mol. The van der Waals surface area contributed by atoms with Crippen molar-refractivity contribution < 1.29 is 27.5 Å². The van der Waals surface area contributed by atoms with Gasteiger partial charge in [-0.15, -0.1) is 0 Å². The molecular weight excluding hydrogens is 520 g/mol. The summed E-state index contributed by atoms with van der Waals surface area (Å²) in [7, 11) is -2.22. The van der Waals surface area contributed by atoms with Crippen molar-refractivity contribution in [3.63, 3.8) is 0 Å². The Morgan fingerprint density at radius 2 is 1.62 bits per heavy atom. The van der Waals surface area contributed by atoms with Gasteiger partial charge in [0.2, 0.25) is 10.0 Å². The Labute approximate surface area is 219 Å². The SMILES string of the molecule is COc1ccc(N(CC(=O)N/N=C\c2ccc(OCC(=O)Nc3ccccc3Cl)cc2)S(C)(=O)=O)cc1. The monoisotopic (exact) mass is 544 g/mol. The van der Waals surface area contributed by atoms with Crippen molar-refractivity contribution in [2.45, 2.75) is 0 Å². The largest absolute Gasteiger partial charge is 0.497 e. The molecule has 0 aliphatic heterocycles. The summed E-state index contributed by atoms with van der Waals surface area (Å²) < 4.78 is 35.9. The maximum absolute atomic E-state index is 12.3. The Balaban J connectivity index is 1.50. The van der Waals surface area contributed by atoms with E-state index < -0.39 is 22.5 Å². The van der Waals surface area contributed by atoms with Gasteiger partial charge in [-0.05, 0) is 66.2 Å². The highest BCUT2D eigenvalue weighted by atomic mass is 35.5. The van der Waals surface area contributed by atoms with Crippen LogP contribution >= 0.6 is 11.6 Å². The number of sulfonamides is 1. The number of ether oxygens (including phenoxy) is 2. The molecule has 0 fully saturated rings. The van der Waals surface area contributed by atoms with Crippen molar-refractivity contribution in [2.75, 3.05) is 36.1 Å². The number of anilines is 2. The topological polar surface area (TPSA) is 126 Å². The molecule has 37 heavy (non-hydrogen) atoms. The second-order valence-electron chi connectivity index (χ2n) is 7.65. The standard InChI is InChI=1S/C25H25ClN4O6S/c1-35-20-13-9-19(10-14-20)30(37(2,33)34)16-24(31)29-27-15-18-7-11-21(12-8-18)36-17-25(32)28-23-6-4-3-5-22(23)26/h3-15H,16-17H2,1-2H3,(H,28,32)(H,29,31)/b27-15-. The molecule has 0 saturated carbocycles. The van der Waals surface area contributed by atoms with E-state index in [1.54, 1.807) is 72.8 Å². The molecule has 194 valence electrons. The van der Waals surface area contributed by atoms with E-state index in [4.69, 9.17) is 21.1 Å². The van der Waals surface area contributed by atoms with Crippen LogP contribution in [-0.4, -0.2) is 53.0 Å². The molecule has 0 spiro atoms. The molecule has 2 amide bonds. The molecule has 0 heterocycles. The van der Waals surface area contributed by atoms with E-state index >= 15 is 0 Å². The quantitative estimate of drug-likeness (QED) is 0.282. The van der Waals surface area contributed by atoms with Crippen LogP contribution in [0.3, 0.4) is 0 Å². The van der Waals surface area contributed by atoms with E-state index in [1.165, 1.54) is 13.3 Å². The Morgan fingerprint density at radius 3 is 2.24 bits per heavy atom. The fraction of sp³-hybridized carbons (Fsp3) is 0.160. The molecule has 0 atom stereocenters. The number of halogens is 1. The number of benzene rings is 3. The lowest BCUT2D eigenvalue weighted by Gasteiger charge is -2.21. The number of para-hydroxylation sites is 1. The van der Waals surface area contributed by atoms with Crippen LogP contribution in [-0.2, 0) is 19.6 Å². The number of amides is 2. The van der Waals surface area contributed by atoms with E-state index in [0.717, 1.165) is 10.6 Å². The molecule has 10 nitrogen and oxygen atoms in total. The normalized spacial score (nSPS) is 11.1. The number of hydrazone groups is 1. The van der Waals surface area contributed by atoms with E-state index in [2.05, 4.69) is 15.8 Å². The summed E-state index contributed by atoms with van der Waals surface area (Å²) in [6.45, 7) is -0.661. The van der Waals surface area contributed by atoms with Gasteiger partial charge in [0.15, 0.2) is 6.61 Å². The summed E-state index contributed by atoms with van der Waals surface area (Å²) in [4.78, 5) is 24.4. The predicted molar refractivity (Wildman–Crippen MR) is 143 cm³/mol. The van der Waals surface area contributed by atoms with Gasteiger partial charge in [0.05, 0.1) is 36.0 Å². The number of methoxy groups -OCH3 is 1. The minimum absolute atomic E-state index is 0.209. The van der Waals surface area contributed by atoms with Crippen molar-refractivity contribution in [2.24, 2.45) is 5.10 Å². The first-order valence-electron chi connectivity index (χ1n) is 10.9. The second kappa shape index (κ2) is 12.7. The number of rotatable bonds is 11. The minimum Gasteiger partial charge on any atom is -0.497 e. The van der Waals surface area contributed by atoms with Crippen LogP contribution < -0.4 is 24.5 Å². The molecule has 0 aliphatic rings. The minimum atomic E-state index is -3.72. The summed E-state index contributed by atoms with van der Waals surface area (Å²) in [5.74, 6) is 0.0306. The zero-order chi connectivity index (χ0) is 26.8. The molecular formula is C25H25ClN4O6S. The van der Waals surface area contributed by atoms with Gasteiger partial charge in [-0.2, -0.15) is 5.10 Å². The number of carbonyl (C=O) groups is 2. The summed E-state index contributed by atoms with van der Waals surface area (Å²) >= 11 is 6.02. The molecule has 12 heteroatoms. The van der Waals surface area contributed by atoms with Crippen molar-refractivity contribution in [1.82, 2.24) is 5.43 Å². The molecule has 0 radical (unpaired) electrons. The summed E-state index contributed by atoms with van der Waals surface area (Å²) in [6, 6.07) is 19.8. The Bertz CT molecular complexity index is 1360. The van der Waals surface area contributed by atoms with E-state index in [1.807, 2.05) is 0 Å². The van der Waals surface area contributed by atoms with Gasteiger partial charge < -0.3 is 14.8 Å². The summed E-state index contributed by atoms with van der Waals surface area (Å²) in [5, 5.41) is 6.96. The molecule has 0 aliphatic carbocycles. The van der Waals surface area contributed by atoms with Gasteiger partial charge in [0.25, 0.3) is 11.8 Å². The van der Waals surface area contributed by atoms with Crippen LogP contribution in [0.5, 0.6) is 11.5 Å². The van der Waals surface area contributed by atoms with Crippen molar-refractivity contribution in [3.05, 3.63) is 83.4 Å². The van der Waals surface area contributed by atoms with Crippen LogP contribution in [0, 0.1) is 0 Å². The Kier molecular flexibility index (Phi) is 9.47. The Hall–Kier alpha value is -4.09. The Morgan fingerprint density at radius 1 is 0.973 bits per heavy atom. The van der Waals surface area contributed by atoms with Gasteiger partial charge in [-0.3, -0.25) is 13.9 Å². The van der Waals surface area contributed by atoms with Gasteiger partial charge in [-0.25, -0.2) is 13.8 Å². The van der Waals surface area contributed by atoms with Crippen LogP contribution in [0.25, 0.3) is 0 Å². The molecule has 3 rings (SSSR count). The maximum Gasteiger partial charge on any atom is 0.262 e. The van der Waals surface area contributed by atoms with Crippen molar-refractivity contribution in [3.8, 4) is 11.5 Å². The molecule has 0 saturated heterocycles. The zero-order valence-corrected chi connectivity index (χ0v) is 21.6. The lowest BCUT2D eigenvalue weighted by atomic mass is 10.2. The molecule has 0 unspecified atom stereocenters. The fourth-order valence-electron chi connectivity index (χ4n) is 3.04. The third-order valence-electron chi connectivity index (χ3n) is 4.85. The molecule has 0 bridgehead atoms. The van der Waals surface area contributed by atoms with Crippen LogP contribution in [0.4, 0.5) is 11.4 Å². The third-order valence-corrected chi connectivity index (χ3v) is 6.32. The highest BCUT2D eigenvalue weighted by molar-refractivity contribution is 7.92. The van der Waals surface area contributed by atoms with Crippen LogP contribution in [0.15, 0.2) is 77.9 Å². The number of hydrogen-bond donors (Lipinski definition) is 2. The number of hydrogen-bond acceptors (Lipinski definition) is 7. The fourth-order valence-corrected chi connectivity index (χ4v) is 4.08. The van der Waals surface area contributed by atoms with E-state index in [9.17, 15) is 18.0 Å². The third kappa shape index (κ3) is 8.51. The van der Waals surface area contributed by atoms with Gasteiger partial charge in [0.1, 0.15) is 18.0 Å². The average Bonchev–Trinajstić information content (AvgIpc) is 2.87. The van der Waals surface area contributed by atoms with Gasteiger partial charge in [0, 0.05) is 0 Å². The predicted octanol–water partition coefficient (Wildman–Crippen LogP) is 3.28. The lowest BCUT2D eigenvalue weighted by molar-refractivity contribution is -0.119. The number of nitrogens with zero attached hydrogens (tertiary/aromatic N) is 2. The molecule has 3 aromatic carbocycles.